The zero-order chi connectivity index (χ0) is 24.2. The van der Waals surface area contributed by atoms with Gasteiger partial charge in [-0.1, -0.05) is 17.8 Å². The van der Waals surface area contributed by atoms with E-state index in [1.54, 1.807) is 13.3 Å². The van der Waals surface area contributed by atoms with Gasteiger partial charge in [-0.05, 0) is 61.1 Å². The molecule has 1 saturated carbocycles. The number of amides is 1. The van der Waals surface area contributed by atoms with Crippen LogP contribution in [0.2, 0.25) is 0 Å². The summed E-state index contributed by atoms with van der Waals surface area (Å²) in [6, 6.07) is 11.9. The van der Waals surface area contributed by atoms with Gasteiger partial charge in [-0.15, -0.1) is 0 Å². The van der Waals surface area contributed by atoms with E-state index in [1.807, 2.05) is 37.4 Å². The molecule has 6 rings (SSSR count). The summed E-state index contributed by atoms with van der Waals surface area (Å²) >= 11 is 1.46. The van der Waals surface area contributed by atoms with Gasteiger partial charge in [0.2, 0.25) is 5.91 Å². The maximum absolute atomic E-state index is 13.0. The van der Waals surface area contributed by atoms with Crippen LogP contribution in [0.3, 0.4) is 0 Å². The number of hydrogen-bond donors (Lipinski definition) is 3. The van der Waals surface area contributed by atoms with Gasteiger partial charge in [0.05, 0.1) is 30.8 Å². The molecule has 9 nitrogen and oxygen atoms in total. The molecule has 0 radical (unpaired) electrons. The number of carbonyl (C=O) groups excluding carboxylic acids is 1. The van der Waals surface area contributed by atoms with Crippen LogP contribution in [0.1, 0.15) is 30.4 Å². The molecule has 10 heteroatoms. The standard InChI is InChI=1S/C25H24N6O3S/c1-4-34-20-12-26-24(35-3)29-22(20)28-21-15-7-5-13(9-19(15)30-31-21)17-11-25(17)16-10-14(33-2)6-8-18(16)27-23(25)32/h5-10,12,17H,4,11H2,1-3H3,(H,27,32)(H2,26,28,29,30,31)/t17-,25-/m0/s1. The fraction of sp³-hybridized carbons (Fsp3) is 0.280. The van der Waals surface area contributed by atoms with E-state index in [9.17, 15) is 4.79 Å². The molecular formula is C25H24N6O3S. The first-order valence-electron chi connectivity index (χ1n) is 11.4. The number of fused-ring (bicyclic) bond motifs is 3. The number of aromatic nitrogens is 4. The van der Waals surface area contributed by atoms with E-state index in [-0.39, 0.29) is 11.8 Å². The van der Waals surface area contributed by atoms with Crippen molar-refractivity contribution in [3.8, 4) is 11.5 Å². The van der Waals surface area contributed by atoms with Crippen molar-refractivity contribution in [2.24, 2.45) is 0 Å². The normalized spacial score (nSPS) is 20.1. The van der Waals surface area contributed by atoms with Gasteiger partial charge in [-0.25, -0.2) is 9.97 Å². The Morgan fingerprint density at radius 3 is 2.91 bits per heavy atom. The number of nitrogens with one attached hydrogen (secondary N) is 3. The van der Waals surface area contributed by atoms with Crippen molar-refractivity contribution in [2.75, 3.05) is 30.6 Å². The summed E-state index contributed by atoms with van der Waals surface area (Å²) in [5.41, 5.74) is 3.32. The Bertz CT molecular complexity index is 1470. The van der Waals surface area contributed by atoms with Crippen LogP contribution in [0.15, 0.2) is 47.8 Å². The molecule has 0 saturated heterocycles. The molecule has 1 fully saturated rings. The molecule has 1 amide bonds. The number of rotatable bonds is 7. The molecule has 35 heavy (non-hydrogen) atoms. The molecule has 2 aliphatic rings. The zero-order valence-corrected chi connectivity index (χ0v) is 20.3. The lowest BCUT2D eigenvalue weighted by Crippen LogP contribution is -2.21. The first-order chi connectivity index (χ1) is 17.1. The lowest BCUT2D eigenvalue weighted by atomic mass is 9.91. The van der Waals surface area contributed by atoms with E-state index >= 15 is 0 Å². The molecule has 3 N–H and O–H groups in total. The molecule has 1 aliphatic carbocycles. The number of H-pyrrole nitrogens is 1. The van der Waals surface area contributed by atoms with E-state index in [4.69, 9.17) is 9.47 Å². The van der Waals surface area contributed by atoms with Gasteiger partial charge in [0.25, 0.3) is 0 Å². The van der Waals surface area contributed by atoms with Crippen molar-refractivity contribution in [1.82, 2.24) is 20.2 Å². The topological polar surface area (TPSA) is 114 Å². The molecular weight excluding hydrogens is 464 g/mol. The average molecular weight is 489 g/mol. The molecule has 2 aromatic carbocycles. The van der Waals surface area contributed by atoms with Gasteiger partial charge in [-0.3, -0.25) is 9.89 Å². The molecule has 4 aromatic rings. The Kier molecular flexibility index (Phi) is 5.06. The third-order valence-corrected chi connectivity index (χ3v) is 7.32. The number of aromatic amines is 1. The van der Waals surface area contributed by atoms with Crippen molar-refractivity contribution in [3.05, 3.63) is 53.7 Å². The Morgan fingerprint density at radius 2 is 2.11 bits per heavy atom. The Balaban J connectivity index is 1.31. The summed E-state index contributed by atoms with van der Waals surface area (Å²) < 4.78 is 11.1. The Hall–Kier alpha value is -3.79. The fourth-order valence-electron chi connectivity index (χ4n) is 4.96. The van der Waals surface area contributed by atoms with Gasteiger partial charge in [0.1, 0.15) is 5.75 Å². The van der Waals surface area contributed by atoms with Gasteiger partial charge in [0, 0.05) is 17.0 Å². The molecule has 1 aliphatic heterocycles. The lowest BCUT2D eigenvalue weighted by molar-refractivity contribution is -0.118. The number of thioether (sulfide) groups is 1. The van der Waals surface area contributed by atoms with Crippen LogP contribution in [0, 0.1) is 0 Å². The lowest BCUT2D eigenvalue weighted by Gasteiger charge is -2.11. The average Bonchev–Trinajstić information content (AvgIpc) is 3.43. The minimum Gasteiger partial charge on any atom is -0.497 e. The highest BCUT2D eigenvalue weighted by atomic mass is 32.2. The SMILES string of the molecule is CCOc1cnc(SC)nc1Nc1n[nH]c2cc([C@@H]3C[C@@]34C(=O)Nc3ccc(OC)cc34)ccc12. The van der Waals surface area contributed by atoms with Gasteiger partial charge >= 0.3 is 0 Å². The summed E-state index contributed by atoms with van der Waals surface area (Å²) in [6.07, 6.45) is 4.36. The predicted molar refractivity (Wildman–Crippen MR) is 135 cm³/mol. The van der Waals surface area contributed by atoms with Gasteiger partial charge < -0.3 is 20.1 Å². The number of carbonyl (C=O) groups is 1. The van der Waals surface area contributed by atoms with Crippen LogP contribution in [0.4, 0.5) is 17.3 Å². The third-order valence-electron chi connectivity index (χ3n) is 6.76. The van der Waals surface area contributed by atoms with Gasteiger partial charge in [0.15, 0.2) is 22.5 Å². The second-order valence-corrected chi connectivity index (χ2v) is 9.37. The first kappa shape index (κ1) is 21.7. The molecule has 1 spiro atoms. The van der Waals surface area contributed by atoms with Crippen molar-refractivity contribution in [1.29, 1.82) is 0 Å². The molecule has 3 heterocycles. The highest BCUT2D eigenvalue weighted by Crippen LogP contribution is 2.65. The summed E-state index contributed by atoms with van der Waals surface area (Å²) in [4.78, 5) is 21.8. The van der Waals surface area contributed by atoms with Crippen molar-refractivity contribution in [3.63, 3.8) is 0 Å². The van der Waals surface area contributed by atoms with Crippen LogP contribution in [0.25, 0.3) is 10.9 Å². The first-order valence-corrected chi connectivity index (χ1v) is 12.6. The maximum atomic E-state index is 13.0. The van der Waals surface area contributed by atoms with E-state index in [0.717, 1.165) is 39.9 Å². The van der Waals surface area contributed by atoms with Crippen molar-refractivity contribution in [2.45, 2.75) is 29.8 Å². The third kappa shape index (κ3) is 3.39. The molecule has 178 valence electrons. The number of nitrogens with zero attached hydrogens (tertiary/aromatic N) is 3. The summed E-state index contributed by atoms with van der Waals surface area (Å²) in [5, 5.41) is 15.5. The number of ether oxygens (including phenoxy) is 2. The largest absolute Gasteiger partial charge is 0.497 e. The molecule has 0 bridgehead atoms. The summed E-state index contributed by atoms with van der Waals surface area (Å²) in [6.45, 7) is 2.43. The smallest absolute Gasteiger partial charge is 0.235 e. The quantitative estimate of drug-likeness (QED) is 0.255. The highest BCUT2D eigenvalue weighted by molar-refractivity contribution is 7.98. The molecule has 2 aromatic heterocycles. The zero-order valence-electron chi connectivity index (χ0n) is 19.5. The van der Waals surface area contributed by atoms with Gasteiger partial charge in [-0.2, -0.15) is 5.10 Å². The van der Waals surface area contributed by atoms with Crippen LogP contribution in [-0.2, 0) is 10.2 Å². The maximum Gasteiger partial charge on any atom is 0.235 e. The molecule has 2 atom stereocenters. The summed E-state index contributed by atoms with van der Waals surface area (Å²) in [5.74, 6) is 2.69. The minimum atomic E-state index is -0.541. The van der Waals surface area contributed by atoms with Crippen LogP contribution in [0.5, 0.6) is 11.5 Å². The van der Waals surface area contributed by atoms with E-state index < -0.39 is 5.41 Å². The highest BCUT2D eigenvalue weighted by Gasteiger charge is 2.65. The minimum absolute atomic E-state index is 0.0506. The predicted octanol–water partition coefficient (Wildman–Crippen LogP) is 4.60. The second-order valence-electron chi connectivity index (χ2n) is 8.60. The number of benzene rings is 2. The van der Waals surface area contributed by atoms with Crippen molar-refractivity contribution >= 4 is 45.9 Å². The van der Waals surface area contributed by atoms with Crippen LogP contribution < -0.4 is 20.1 Å². The Morgan fingerprint density at radius 1 is 1.23 bits per heavy atom. The van der Waals surface area contributed by atoms with Crippen LogP contribution >= 0.6 is 11.8 Å². The number of methoxy groups -OCH3 is 1. The fourth-order valence-corrected chi connectivity index (χ4v) is 5.30. The number of hydrogen-bond acceptors (Lipinski definition) is 8. The van der Waals surface area contributed by atoms with E-state index in [2.05, 4.69) is 42.9 Å². The van der Waals surface area contributed by atoms with Crippen LogP contribution in [-0.4, -0.2) is 46.0 Å². The van der Waals surface area contributed by atoms with E-state index in [0.29, 0.717) is 29.1 Å². The number of anilines is 3. The van der Waals surface area contributed by atoms with E-state index in [1.165, 1.54) is 11.8 Å². The monoisotopic (exact) mass is 488 g/mol. The Labute approximate surface area is 206 Å². The molecule has 0 unspecified atom stereocenters. The van der Waals surface area contributed by atoms with Crippen molar-refractivity contribution < 1.29 is 14.3 Å². The summed E-state index contributed by atoms with van der Waals surface area (Å²) in [7, 11) is 1.64. The second kappa shape index (κ2) is 8.16.